The molecule has 1 heterocycles. The zero-order valence-corrected chi connectivity index (χ0v) is 31.0. The summed E-state index contributed by atoms with van der Waals surface area (Å²) >= 11 is 0. The quantitative estimate of drug-likeness (QED) is 0.150. The first-order chi connectivity index (χ1) is 22.9. The minimum absolute atomic E-state index is 0.00381. The van der Waals surface area contributed by atoms with Gasteiger partial charge in [-0.3, -0.25) is 14.4 Å². The van der Waals surface area contributed by atoms with Crippen LogP contribution in [0.15, 0.2) is 12.2 Å². The summed E-state index contributed by atoms with van der Waals surface area (Å²) in [4.78, 5) is 31.9. The summed E-state index contributed by atoms with van der Waals surface area (Å²) in [5, 5.41) is 42.2. The van der Waals surface area contributed by atoms with Gasteiger partial charge in [0.15, 0.2) is 6.23 Å². The number of fused-ring (bicyclic) bond motifs is 7. The average Bonchev–Trinajstić information content (AvgIpc) is 3.44. The summed E-state index contributed by atoms with van der Waals surface area (Å²) in [7, 11) is 1.39. The summed E-state index contributed by atoms with van der Waals surface area (Å²) in [5.41, 5.74) is 0.473. The molecule has 278 valence electrons. The summed E-state index contributed by atoms with van der Waals surface area (Å²) < 4.78 is 12.0. The van der Waals surface area contributed by atoms with Crippen molar-refractivity contribution in [2.45, 2.75) is 143 Å². The molecule has 0 bridgehead atoms. The van der Waals surface area contributed by atoms with E-state index in [-0.39, 0.29) is 52.6 Å². The highest BCUT2D eigenvalue weighted by Gasteiger charge is 2.72. The fraction of sp³-hybridized carbons (Fsp3) is 0.897. The van der Waals surface area contributed by atoms with Crippen molar-refractivity contribution in [2.75, 3.05) is 20.3 Å². The average molecular weight is 690 g/mol. The molecular formula is C39H63NO9. The lowest BCUT2D eigenvalue weighted by atomic mass is 9.32. The third kappa shape index (κ3) is 5.47. The van der Waals surface area contributed by atoms with Crippen LogP contribution in [0.2, 0.25) is 0 Å². The number of nitrogens with zero attached hydrogens (tertiary/aromatic N) is 1. The third-order valence-corrected chi connectivity index (χ3v) is 16.2. The largest absolute Gasteiger partial charge is 0.481 e. The standard InChI is InChI=1S/C39H63NO9/c1-22(2)23-11-16-39(34(45)46)18-17-37(6)24(32(23)39)9-10-29-36(5)14-13-30(35(3,4)28(36)12-15-38(29,37)7)49-31(44)20-40(47-8)33-26(43)19-25(42)27(21-41)48-33/h23-30,32-33,41-43H,1,9-21H2,2-8H3,(H,45,46)/t23-,24?,25-,26+,27+,28?,29?,30-,32?,33?,36-,37+,38+,39-/m0/s1. The zero-order chi connectivity index (χ0) is 35.9. The Morgan fingerprint density at radius 2 is 1.61 bits per heavy atom. The number of hydrogen-bond donors (Lipinski definition) is 4. The molecule has 6 rings (SSSR count). The predicted octanol–water partition coefficient (Wildman–Crippen LogP) is 5.33. The van der Waals surface area contributed by atoms with Gasteiger partial charge >= 0.3 is 11.9 Å². The molecule has 5 aliphatic carbocycles. The first-order valence-electron chi connectivity index (χ1n) is 18.9. The highest BCUT2D eigenvalue weighted by Crippen LogP contribution is 2.77. The van der Waals surface area contributed by atoms with Crippen molar-refractivity contribution in [1.82, 2.24) is 5.06 Å². The number of hydroxylamine groups is 2. The molecule has 1 saturated heterocycles. The monoisotopic (exact) mass is 689 g/mol. The molecule has 0 amide bonds. The summed E-state index contributed by atoms with van der Waals surface area (Å²) in [6.45, 7) is 17.9. The molecule has 6 aliphatic rings. The summed E-state index contributed by atoms with van der Waals surface area (Å²) in [6, 6.07) is 0. The minimum Gasteiger partial charge on any atom is -0.481 e. The summed E-state index contributed by atoms with van der Waals surface area (Å²) in [5.74, 6) is 0.609. The second-order valence-electron chi connectivity index (χ2n) is 18.4. The Hall–Kier alpha value is -1.56. The Morgan fingerprint density at radius 3 is 2.24 bits per heavy atom. The van der Waals surface area contributed by atoms with E-state index >= 15 is 0 Å². The van der Waals surface area contributed by atoms with Crippen LogP contribution in [0, 0.1) is 56.7 Å². The Kier molecular flexibility index (Phi) is 9.74. The maximum atomic E-state index is 13.5. The lowest BCUT2D eigenvalue weighted by Crippen LogP contribution is -2.67. The van der Waals surface area contributed by atoms with Crippen molar-refractivity contribution < 1.29 is 44.3 Å². The highest BCUT2D eigenvalue weighted by molar-refractivity contribution is 5.76. The van der Waals surface area contributed by atoms with E-state index in [0.29, 0.717) is 17.8 Å². The molecule has 0 aromatic rings. The first kappa shape index (κ1) is 37.2. The number of rotatable bonds is 8. The molecular weight excluding hydrogens is 626 g/mol. The van der Waals surface area contributed by atoms with E-state index in [4.69, 9.17) is 14.3 Å². The van der Waals surface area contributed by atoms with Crippen LogP contribution in [0.3, 0.4) is 0 Å². The van der Waals surface area contributed by atoms with Crippen molar-refractivity contribution in [2.24, 2.45) is 56.7 Å². The molecule has 10 heteroatoms. The van der Waals surface area contributed by atoms with Gasteiger partial charge in [0.1, 0.15) is 18.8 Å². The van der Waals surface area contributed by atoms with Crippen LogP contribution in [0.25, 0.3) is 0 Å². The van der Waals surface area contributed by atoms with Crippen molar-refractivity contribution >= 4 is 11.9 Å². The van der Waals surface area contributed by atoms with Gasteiger partial charge in [-0.25, -0.2) is 0 Å². The number of esters is 1. The van der Waals surface area contributed by atoms with Crippen LogP contribution >= 0.6 is 0 Å². The molecule has 6 fully saturated rings. The van der Waals surface area contributed by atoms with Crippen LogP contribution < -0.4 is 0 Å². The third-order valence-electron chi connectivity index (χ3n) is 16.2. The number of aliphatic hydroxyl groups is 3. The molecule has 0 aromatic heterocycles. The molecule has 10 nitrogen and oxygen atoms in total. The Balaban J connectivity index is 1.19. The maximum absolute atomic E-state index is 13.5. The van der Waals surface area contributed by atoms with Gasteiger partial charge in [0.05, 0.1) is 31.3 Å². The van der Waals surface area contributed by atoms with Crippen molar-refractivity contribution in [3.8, 4) is 0 Å². The molecule has 0 radical (unpaired) electrons. The number of carboxylic acids is 1. The lowest BCUT2D eigenvalue weighted by Gasteiger charge is -2.72. The fourth-order valence-electron chi connectivity index (χ4n) is 13.6. The van der Waals surface area contributed by atoms with Crippen LogP contribution in [0.5, 0.6) is 0 Å². The molecule has 4 N–H and O–H groups in total. The van der Waals surface area contributed by atoms with Crippen molar-refractivity contribution in [3.05, 3.63) is 12.2 Å². The van der Waals surface area contributed by atoms with Crippen LogP contribution in [-0.2, 0) is 23.9 Å². The van der Waals surface area contributed by atoms with Crippen LogP contribution in [0.1, 0.15) is 112 Å². The van der Waals surface area contributed by atoms with Crippen LogP contribution in [-0.4, -0.2) is 88.3 Å². The van der Waals surface area contributed by atoms with Gasteiger partial charge < -0.3 is 29.9 Å². The number of carboxylic acid groups (broad SMARTS) is 1. The van der Waals surface area contributed by atoms with E-state index < -0.39 is 48.5 Å². The Bertz CT molecular complexity index is 1300. The number of carbonyl (C=O) groups excluding carboxylic acids is 1. The number of carbonyl (C=O) groups is 2. The van der Waals surface area contributed by atoms with E-state index in [1.54, 1.807) is 0 Å². The minimum atomic E-state index is -1.10. The summed E-state index contributed by atoms with van der Waals surface area (Å²) in [6.07, 6.45) is 5.17. The van der Waals surface area contributed by atoms with Gasteiger partial charge in [-0.1, -0.05) is 46.8 Å². The molecule has 0 aromatic carbocycles. The maximum Gasteiger partial charge on any atom is 0.323 e. The Labute approximate surface area is 292 Å². The van der Waals surface area contributed by atoms with Gasteiger partial charge in [0, 0.05) is 11.8 Å². The van der Waals surface area contributed by atoms with Gasteiger partial charge in [0.2, 0.25) is 0 Å². The van der Waals surface area contributed by atoms with E-state index in [2.05, 4.69) is 48.1 Å². The number of ether oxygens (including phenoxy) is 2. The van der Waals surface area contributed by atoms with Crippen molar-refractivity contribution in [1.29, 1.82) is 0 Å². The van der Waals surface area contributed by atoms with Gasteiger partial charge in [-0.15, -0.1) is 5.06 Å². The number of aliphatic carboxylic acids is 1. The molecule has 5 saturated carbocycles. The second kappa shape index (κ2) is 12.8. The lowest BCUT2D eigenvalue weighted by molar-refractivity contribution is -0.307. The van der Waals surface area contributed by atoms with Crippen LogP contribution in [0.4, 0.5) is 0 Å². The Morgan fingerprint density at radius 1 is 0.898 bits per heavy atom. The van der Waals surface area contributed by atoms with Gasteiger partial charge in [0.25, 0.3) is 0 Å². The molecule has 0 spiro atoms. The fourth-order valence-corrected chi connectivity index (χ4v) is 13.6. The van der Waals surface area contributed by atoms with Gasteiger partial charge in [-0.05, 0) is 117 Å². The van der Waals surface area contributed by atoms with Crippen molar-refractivity contribution in [3.63, 3.8) is 0 Å². The topological polar surface area (TPSA) is 146 Å². The SMILES string of the molecule is C=C(C)[C@@H]1CC[C@]2(C(=O)O)CC[C@]3(C)C(CCC4[C@@]5(C)CC[C@H](OC(=O)CN(OC)C6O[C@H](CO)[C@@H](O)C[C@H]6O)C(C)(C)C5CC[C@]43C)C12. The number of hydrogen-bond acceptors (Lipinski definition) is 9. The molecule has 1 aliphatic heterocycles. The smallest absolute Gasteiger partial charge is 0.323 e. The zero-order valence-electron chi connectivity index (χ0n) is 31.0. The van der Waals surface area contributed by atoms with Gasteiger partial charge in [-0.2, -0.15) is 0 Å². The predicted molar refractivity (Wildman–Crippen MR) is 183 cm³/mol. The normalized spacial score (nSPS) is 48.9. The molecule has 49 heavy (non-hydrogen) atoms. The van der Waals surface area contributed by atoms with E-state index in [9.17, 15) is 30.0 Å². The van der Waals surface area contributed by atoms with E-state index in [0.717, 1.165) is 69.8 Å². The number of aliphatic hydroxyl groups excluding tert-OH is 3. The highest BCUT2D eigenvalue weighted by atomic mass is 16.7. The molecule has 14 atom stereocenters. The van der Waals surface area contributed by atoms with E-state index in [1.807, 2.05) is 0 Å². The number of allylic oxidation sites excluding steroid dienone is 1. The molecule has 5 unspecified atom stereocenters. The second-order valence-corrected chi connectivity index (χ2v) is 18.4. The van der Waals surface area contributed by atoms with E-state index in [1.165, 1.54) is 12.2 Å². The first-order valence-corrected chi connectivity index (χ1v) is 18.9.